The molecule has 5 nitrogen and oxygen atoms in total. The van der Waals surface area contributed by atoms with Crippen LogP contribution in [0.5, 0.6) is 0 Å². The van der Waals surface area contributed by atoms with Crippen LogP contribution in [0.3, 0.4) is 0 Å². The van der Waals surface area contributed by atoms with Crippen LogP contribution >= 0.6 is 0 Å². The summed E-state index contributed by atoms with van der Waals surface area (Å²) in [5.41, 5.74) is -0.314. The highest BCUT2D eigenvalue weighted by atomic mass is 32.2. The number of rotatable bonds is 5. The summed E-state index contributed by atoms with van der Waals surface area (Å²) in [6.45, 7) is 1.83. The first-order chi connectivity index (χ1) is 13.1. The minimum absolute atomic E-state index is 0.00389. The lowest BCUT2D eigenvalue weighted by atomic mass is 9.75. The van der Waals surface area contributed by atoms with Crippen molar-refractivity contribution in [1.29, 1.82) is 0 Å². The van der Waals surface area contributed by atoms with Crippen molar-refractivity contribution in [3.05, 3.63) is 23.0 Å². The van der Waals surface area contributed by atoms with E-state index in [2.05, 4.69) is 5.32 Å². The van der Waals surface area contributed by atoms with Crippen molar-refractivity contribution in [2.75, 3.05) is 13.7 Å². The lowest BCUT2D eigenvalue weighted by Crippen LogP contribution is -2.38. The third-order valence-electron chi connectivity index (χ3n) is 5.74. The standard InChI is InChI=1S/C19H24F3NO4S/c1-18(5-7-19(21,22)8-6-18)10-27-15-12(11-3-4-11)9-13(17(24)23-2)14(20)16(15)28(25)26/h9,11,14H,3-8,10H2,1-2H3,(H,23,24). The molecular formula is C19H24F3NO4S. The molecule has 0 aliphatic heterocycles. The Morgan fingerprint density at radius 2 is 1.86 bits per heavy atom. The maximum absolute atomic E-state index is 14.9. The van der Waals surface area contributed by atoms with Crippen molar-refractivity contribution >= 4 is 21.1 Å². The van der Waals surface area contributed by atoms with Gasteiger partial charge in [-0.05, 0) is 43.3 Å². The second-order valence-corrected chi connectivity index (χ2v) is 9.06. The van der Waals surface area contributed by atoms with Crippen LogP contribution in [0.25, 0.3) is 0 Å². The summed E-state index contributed by atoms with van der Waals surface area (Å²) in [6.07, 6.45) is 0.803. The zero-order valence-electron chi connectivity index (χ0n) is 15.9. The molecule has 0 saturated heterocycles. The lowest BCUT2D eigenvalue weighted by molar-refractivity contribution is -0.117. The van der Waals surface area contributed by atoms with Crippen molar-refractivity contribution in [1.82, 2.24) is 5.32 Å². The number of alkyl halides is 3. The Balaban J connectivity index is 1.92. The van der Waals surface area contributed by atoms with Crippen molar-refractivity contribution in [2.45, 2.75) is 57.5 Å². The molecule has 0 radical (unpaired) electrons. The highest BCUT2D eigenvalue weighted by Crippen LogP contribution is 2.46. The second kappa shape index (κ2) is 7.57. The number of carbonyl (C=O) groups excluding carboxylic acids is 1. The molecule has 2 fully saturated rings. The number of amides is 1. The van der Waals surface area contributed by atoms with Crippen molar-refractivity contribution < 1.29 is 31.1 Å². The highest BCUT2D eigenvalue weighted by molar-refractivity contribution is 7.73. The topological polar surface area (TPSA) is 72.5 Å². The zero-order chi connectivity index (χ0) is 20.7. The molecule has 1 atom stereocenters. The fourth-order valence-electron chi connectivity index (χ4n) is 3.65. The summed E-state index contributed by atoms with van der Waals surface area (Å²) < 4.78 is 71.2. The van der Waals surface area contributed by atoms with Gasteiger partial charge in [0.2, 0.25) is 22.1 Å². The van der Waals surface area contributed by atoms with E-state index in [4.69, 9.17) is 4.74 Å². The van der Waals surface area contributed by atoms with E-state index in [0.717, 1.165) is 12.8 Å². The quantitative estimate of drug-likeness (QED) is 0.696. The molecule has 3 aliphatic carbocycles. The fourth-order valence-corrected chi connectivity index (χ4v) is 4.28. The third-order valence-corrected chi connectivity index (χ3v) is 6.49. The van der Waals surface area contributed by atoms with Crippen LogP contribution < -0.4 is 5.32 Å². The molecule has 0 aromatic rings. The van der Waals surface area contributed by atoms with E-state index >= 15 is 0 Å². The van der Waals surface area contributed by atoms with Gasteiger partial charge >= 0.3 is 0 Å². The maximum Gasteiger partial charge on any atom is 0.250 e. The number of hydrogen-bond donors (Lipinski definition) is 1. The molecule has 1 unspecified atom stereocenters. The fraction of sp³-hybridized carbons (Fsp3) is 0.684. The molecule has 28 heavy (non-hydrogen) atoms. The summed E-state index contributed by atoms with van der Waals surface area (Å²) in [5.74, 6) is -3.43. The molecule has 0 bridgehead atoms. The first kappa shape index (κ1) is 21.0. The Bertz CT molecular complexity index is 854. The van der Waals surface area contributed by atoms with Gasteiger partial charge in [-0.1, -0.05) is 6.92 Å². The molecule has 2 saturated carbocycles. The van der Waals surface area contributed by atoms with Gasteiger partial charge in [-0.15, -0.1) is 0 Å². The molecular weight excluding hydrogens is 395 g/mol. The van der Waals surface area contributed by atoms with E-state index in [1.165, 1.54) is 13.1 Å². The lowest BCUT2D eigenvalue weighted by Gasteiger charge is -2.37. The Morgan fingerprint density at radius 1 is 1.25 bits per heavy atom. The van der Waals surface area contributed by atoms with Gasteiger partial charge in [0.25, 0.3) is 0 Å². The number of carbonyl (C=O) groups is 1. The van der Waals surface area contributed by atoms with E-state index in [1.807, 2.05) is 6.92 Å². The molecule has 1 N–H and O–H groups in total. The number of halogens is 3. The van der Waals surface area contributed by atoms with Crippen LogP contribution in [0.1, 0.15) is 45.4 Å². The number of allylic oxidation sites excluding steroid dienone is 3. The molecule has 0 aromatic heterocycles. The molecule has 0 spiro atoms. The normalized spacial score (nSPS) is 26.5. The molecule has 0 heterocycles. The van der Waals surface area contributed by atoms with Gasteiger partial charge in [-0.25, -0.2) is 13.2 Å². The number of nitrogens with one attached hydrogen (secondary N) is 1. The van der Waals surface area contributed by atoms with Crippen LogP contribution in [-0.2, 0) is 19.8 Å². The van der Waals surface area contributed by atoms with E-state index in [-0.39, 0.29) is 49.5 Å². The molecule has 1 amide bonds. The van der Waals surface area contributed by atoms with Gasteiger partial charge in [0.1, 0.15) is 5.76 Å². The van der Waals surface area contributed by atoms with Crippen molar-refractivity contribution in [3.8, 4) is 0 Å². The summed E-state index contributed by atoms with van der Waals surface area (Å²) in [7, 11) is -1.58. The van der Waals surface area contributed by atoms with Crippen LogP contribution in [0.2, 0.25) is 0 Å². The van der Waals surface area contributed by atoms with Gasteiger partial charge in [0.05, 0.1) is 12.2 Å². The Kier molecular flexibility index (Phi) is 5.67. The summed E-state index contributed by atoms with van der Waals surface area (Å²) >= 11 is 0. The summed E-state index contributed by atoms with van der Waals surface area (Å²) in [5, 5.41) is 2.32. The van der Waals surface area contributed by atoms with Crippen LogP contribution in [0.4, 0.5) is 13.2 Å². The van der Waals surface area contributed by atoms with E-state index in [1.54, 1.807) is 0 Å². The minimum atomic E-state index is -2.93. The largest absolute Gasteiger partial charge is 0.491 e. The van der Waals surface area contributed by atoms with Crippen molar-refractivity contribution in [2.24, 2.45) is 11.3 Å². The Morgan fingerprint density at radius 3 is 2.36 bits per heavy atom. The smallest absolute Gasteiger partial charge is 0.250 e. The van der Waals surface area contributed by atoms with Gasteiger partial charge in [-0.3, -0.25) is 4.79 Å². The van der Waals surface area contributed by atoms with Crippen LogP contribution in [0, 0.1) is 11.3 Å². The summed E-state index contributed by atoms with van der Waals surface area (Å²) in [6, 6.07) is 0. The van der Waals surface area contributed by atoms with Crippen molar-refractivity contribution in [3.63, 3.8) is 0 Å². The maximum atomic E-state index is 14.9. The average Bonchev–Trinajstić information content (AvgIpc) is 3.47. The SMILES string of the molecule is CNC(=O)C1=CC(C2CC2)=C(OCC2(C)CCC(F)(F)CC2)C(=S(=O)=O)C1F. The first-order valence-corrected chi connectivity index (χ1v) is 10.4. The van der Waals surface area contributed by atoms with Gasteiger partial charge < -0.3 is 10.1 Å². The number of ether oxygens (including phenoxy) is 1. The Labute approximate surface area is 163 Å². The molecule has 3 rings (SSSR count). The predicted octanol–water partition coefficient (Wildman–Crippen LogP) is 2.96. The monoisotopic (exact) mass is 419 g/mol. The third kappa shape index (κ3) is 4.29. The second-order valence-electron chi connectivity index (χ2n) is 8.15. The van der Waals surface area contributed by atoms with Crippen LogP contribution in [-0.4, -0.2) is 44.9 Å². The van der Waals surface area contributed by atoms with Gasteiger partial charge in [0, 0.05) is 25.3 Å². The van der Waals surface area contributed by atoms with E-state index in [0.29, 0.717) is 5.57 Å². The average molecular weight is 419 g/mol. The molecule has 0 aromatic carbocycles. The molecule has 3 aliphatic rings. The first-order valence-electron chi connectivity index (χ1n) is 9.36. The predicted molar refractivity (Wildman–Crippen MR) is 98.2 cm³/mol. The molecule has 156 valence electrons. The highest BCUT2D eigenvalue weighted by Gasteiger charge is 2.43. The van der Waals surface area contributed by atoms with Gasteiger partial charge in [0.15, 0.2) is 11.0 Å². The van der Waals surface area contributed by atoms with E-state index < -0.39 is 38.6 Å². The number of likely N-dealkylation sites (N-methyl/N-ethyl adjacent to an activating group) is 1. The number of hydrogen-bond acceptors (Lipinski definition) is 4. The van der Waals surface area contributed by atoms with Crippen LogP contribution in [0.15, 0.2) is 23.0 Å². The molecule has 9 heteroatoms. The minimum Gasteiger partial charge on any atom is -0.491 e. The van der Waals surface area contributed by atoms with E-state index in [9.17, 15) is 26.4 Å². The Hall–Kier alpha value is -1.77. The zero-order valence-corrected chi connectivity index (χ0v) is 16.7. The van der Waals surface area contributed by atoms with Gasteiger partial charge in [-0.2, -0.15) is 8.42 Å². The summed E-state index contributed by atoms with van der Waals surface area (Å²) in [4.78, 5) is 11.4.